The van der Waals surface area contributed by atoms with Crippen LogP contribution in [0.4, 0.5) is 0 Å². The fraction of sp³-hybridized carbons (Fsp3) is 0.545. The summed E-state index contributed by atoms with van der Waals surface area (Å²) >= 11 is 0. The van der Waals surface area contributed by atoms with Gasteiger partial charge in [-0.25, -0.2) is 0 Å². The van der Waals surface area contributed by atoms with Gasteiger partial charge in [0.25, 0.3) is 0 Å². The number of rotatable bonds is 1. The fourth-order valence-corrected chi connectivity index (χ4v) is 2.16. The molecule has 13 heavy (non-hydrogen) atoms. The van der Waals surface area contributed by atoms with Crippen LogP contribution in [0.2, 0.25) is 0 Å². The maximum atomic E-state index is 7.88. The summed E-state index contributed by atoms with van der Waals surface area (Å²) in [6.45, 7) is 5.94. The van der Waals surface area contributed by atoms with E-state index < -0.39 is 0 Å². The molecule has 2 nitrogen and oxygen atoms in total. The summed E-state index contributed by atoms with van der Waals surface area (Å²) in [5.41, 5.74) is 2.05. The van der Waals surface area contributed by atoms with E-state index in [-0.39, 0.29) is 0 Å². The van der Waals surface area contributed by atoms with Gasteiger partial charge in [-0.3, -0.25) is 5.41 Å². The van der Waals surface area contributed by atoms with Crippen LogP contribution < -0.4 is 0 Å². The van der Waals surface area contributed by atoms with Crippen molar-refractivity contribution in [2.75, 3.05) is 0 Å². The molecule has 0 amide bonds. The summed E-state index contributed by atoms with van der Waals surface area (Å²) in [7, 11) is 0. The second kappa shape index (κ2) is 3.02. The Morgan fingerprint density at radius 2 is 2.08 bits per heavy atom. The zero-order valence-corrected chi connectivity index (χ0v) is 8.14. The smallest absolute Gasteiger partial charge is 0.132 e. The quantitative estimate of drug-likeness (QED) is 0.653. The van der Waals surface area contributed by atoms with E-state index in [1.54, 1.807) is 0 Å². The van der Waals surface area contributed by atoms with Crippen LogP contribution in [0, 0.1) is 5.41 Å². The zero-order valence-electron chi connectivity index (χ0n) is 8.14. The van der Waals surface area contributed by atoms with Crippen LogP contribution in [-0.4, -0.2) is 16.8 Å². The highest BCUT2D eigenvalue weighted by atomic mass is 15.2. The minimum Gasteiger partial charge on any atom is -0.330 e. The average Bonchev–Trinajstić information content (AvgIpc) is 2.70. The molecule has 0 unspecified atom stereocenters. The lowest BCUT2D eigenvalue weighted by Crippen LogP contribution is -2.30. The topological polar surface area (TPSA) is 27.1 Å². The van der Waals surface area contributed by atoms with Crippen LogP contribution in [0.15, 0.2) is 23.9 Å². The van der Waals surface area contributed by atoms with Gasteiger partial charge in [0.1, 0.15) is 5.84 Å². The summed E-state index contributed by atoms with van der Waals surface area (Å²) in [5.74, 6) is 0.615. The van der Waals surface area contributed by atoms with E-state index in [1.165, 1.54) is 25.7 Å². The summed E-state index contributed by atoms with van der Waals surface area (Å²) in [4.78, 5) is 2.10. The molecule has 0 aromatic carbocycles. The lowest BCUT2D eigenvalue weighted by atomic mass is 10.2. The van der Waals surface area contributed by atoms with Gasteiger partial charge in [0.05, 0.1) is 0 Å². The average molecular weight is 176 g/mol. The molecule has 1 heterocycles. The van der Waals surface area contributed by atoms with Crippen LogP contribution in [-0.2, 0) is 0 Å². The van der Waals surface area contributed by atoms with E-state index in [9.17, 15) is 0 Å². The number of hydrogen-bond donors (Lipinski definition) is 1. The molecule has 1 aliphatic heterocycles. The van der Waals surface area contributed by atoms with E-state index in [2.05, 4.69) is 17.7 Å². The van der Waals surface area contributed by atoms with Crippen LogP contribution in [0.25, 0.3) is 0 Å². The molecule has 2 aliphatic rings. The minimum atomic E-state index is 0.571. The van der Waals surface area contributed by atoms with Crippen molar-refractivity contribution in [2.24, 2.45) is 0 Å². The Hall–Kier alpha value is -1.05. The lowest BCUT2D eigenvalue weighted by Gasteiger charge is -2.23. The van der Waals surface area contributed by atoms with Crippen molar-refractivity contribution in [3.8, 4) is 0 Å². The molecule has 1 N–H and O–H groups in total. The molecule has 0 spiro atoms. The van der Waals surface area contributed by atoms with Crippen LogP contribution in [0.5, 0.6) is 0 Å². The van der Waals surface area contributed by atoms with Gasteiger partial charge >= 0.3 is 0 Å². The van der Waals surface area contributed by atoms with Gasteiger partial charge in [-0.1, -0.05) is 19.4 Å². The van der Waals surface area contributed by atoms with Gasteiger partial charge < -0.3 is 4.90 Å². The first-order chi connectivity index (χ1) is 6.20. The van der Waals surface area contributed by atoms with Gasteiger partial charge in [0.15, 0.2) is 0 Å². The SMILES string of the molecule is C=C1C(=N)N(C2CCCC2)C=C1C. The van der Waals surface area contributed by atoms with E-state index in [1.807, 2.05) is 6.92 Å². The largest absolute Gasteiger partial charge is 0.330 e. The molecule has 2 rings (SSSR count). The van der Waals surface area contributed by atoms with Crippen LogP contribution in [0.3, 0.4) is 0 Å². The highest BCUT2D eigenvalue weighted by Crippen LogP contribution is 2.30. The summed E-state index contributed by atoms with van der Waals surface area (Å²) in [6, 6.07) is 0.571. The van der Waals surface area contributed by atoms with Gasteiger partial charge in [-0.15, -0.1) is 0 Å². The second-order valence-electron chi connectivity index (χ2n) is 3.98. The Labute approximate surface area is 79.4 Å². The lowest BCUT2D eigenvalue weighted by molar-refractivity contribution is 0.411. The highest BCUT2D eigenvalue weighted by molar-refractivity contribution is 6.02. The van der Waals surface area contributed by atoms with Crippen molar-refractivity contribution in [1.82, 2.24) is 4.90 Å². The predicted molar refractivity (Wildman–Crippen MR) is 54.7 cm³/mol. The first-order valence-electron chi connectivity index (χ1n) is 4.95. The van der Waals surface area contributed by atoms with E-state index in [0.29, 0.717) is 11.9 Å². The van der Waals surface area contributed by atoms with Gasteiger partial charge in [-0.05, 0) is 25.3 Å². The van der Waals surface area contributed by atoms with Gasteiger partial charge in [0.2, 0.25) is 0 Å². The third kappa shape index (κ3) is 1.30. The van der Waals surface area contributed by atoms with E-state index in [0.717, 1.165) is 11.1 Å². The minimum absolute atomic E-state index is 0.571. The van der Waals surface area contributed by atoms with Gasteiger partial charge in [0, 0.05) is 17.8 Å². The summed E-state index contributed by atoms with van der Waals surface area (Å²) in [6.07, 6.45) is 7.18. The molecule has 0 atom stereocenters. The summed E-state index contributed by atoms with van der Waals surface area (Å²) in [5, 5.41) is 7.88. The molecule has 0 bridgehead atoms. The Kier molecular flexibility index (Phi) is 1.98. The molecule has 1 saturated carbocycles. The predicted octanol–water partition coefficient (Wildman–Crippen LogP) is 2.68. The van der Waals surface area contributed by atoms with Gasteiger partial charge in [-0.2, -0.15) is 0 Å². The number of amidine groups is 1. The molecular weight excluding hydrogens is 160 g/mol. The number of nitrogens with zero attached hydrogens (tertiary/aromatic N) is 1. The molecule has 1 fully saturated rings. The van der Waals surface area contributed by atoms with E-state index in [4.69, 9.17) is 5.41 Å². The van der Waals surface area contributed by atoms with Crippen molar-refractivity contribution < 1.29 is 0 Å². The molecule has 0 aromatic rings. The third-order valence-corrected chi connectivity index (χ3v) is 3.07. The first-order valence-corrected chi connectivity index (χ1v) is 4.95. The highest BCUT2D eigenvalue weighted by Gasteiger charge is 2.28. The number of nitrogens with one attached hydrogen (secondary N) is 1. The van der Waals surface area contributed by atoms with Crippen molar-refractivity contribution in [3.63, 3.8) is 0 Å². The molecule has 2 heteroatoms. The van der Waals surface area contributed by atoms with Crippen LogP contribution in [0.1, 0.15) is 32.6 Å². The number of hydrogen-bond acceptors (Lipinski definition) is 1. The molecule has 70 valence electrons. The van der Waals surface area contributed by atoms with Crippen molar-refractivity contribution >= 4 is 5.84 Å². The monoisotopic (exact) mass is 176 g/mol. The molecule has 0 aromatic heterocycles. The van der Waals surface area contributed by atoms with Crippen molar-refractivity contribution in [3.05, 3.63) is 23.9 Å². The van der Waals surface area contributed by atoms with Crippen molar-refractivity contribution in [2.45, 2.75) is 38.6 Å². The zero-order chi connectivity index (χ0) is 9.42. The molecule has 1 aliphatic carbocycles. The Morgan fingerprint density at radius 3 is 2.54 bits per heavy atom. The molecule has 0 saturated heterocycles. The maximum absolute atomic E-state index is 7.88. The standard InChI is InChI=1S/C11H16N2/c1-8-7-13(11(12)9(8)2)10-5-3-4-6-10/h7,10,12H,2-6H2,1H3. The first kappa shape index (κ1) is 8.54. The fourth-order valence-electron chi connectivity index (χ4n) is 2.16. The Balaban J connectivity index is 2.16. The van der Waals surface area contributed by atoms with E-state index >= 15 is 0 Å². The Morgan fingerprint density at radius 1 is 1.46 bits per heavy atom. The summed E-state index contributed by atoms with van der Waals surface area (Å²) < 4.78 is 0. The van der Waals surface area contributed by atoms with Crippen molar-refractivity contribution in [1.29, 1.82) is 5.41 Å². The van der Waals surface area contributed by atoms with Crippen LogP contribution >= 0.6 is 0 Å². The second-order valence-corrected chi connectivity index (χ2v) is 3.98. The third-order valence-electron chi connectivity index (χ3n) is 3.07. The molecular formula is C11H16N2. The maximum Gasteiger partial charge on any atom is 0.132 e. The molecule has 0 radical (unpaired) electrons. The Bertz CT molecular complexity index is 282. The normalized spacial score (nSPS) is 24.4.